The Morgan fingerprint density at radius 2 is 2.05 bits per heavy atom. The molecule has 0 amide bonds. The standard InChI is InChI=1S/C16H18ClNOS/c1-9-6-12(10(2)20-9)16-8-14(18-3)13-7-11(17)4-5-15(13)19-16/h4-7,14,16,18H,8H2,1-3H3. The molecule has 2 atom stereocenters. The lowest BCUT2D eigenvalue weighted by Gasteiger charge is -2.32. The van der Waals surface area contributed by atoms with Gasteiger partial charge in [-0.2, -0.15) is 0 Å². The van der Waals surface area contributed by atoms with Crippen LogP contribution in [-0.4, -0.2) is 7.05 Å². The van der Waals surface area contributed by atoms with Gasteiger partial charge in [0.2, 0.25) is 0 Å². The van der Waals surface area contributed by atoms with Gasteiger partial charge in [0, 0.05) is 38.4 Å². The molecule has 0 bridgehead atoms. The van der Waals surface area contributed by atoms with Crippen molar-refractivity contribution < 1.29 is 4.74 Å². The number of thiophene rings is 1. The van der Waals surface area contributed by atoms with Crippen molar-refractivity contribution in [2.45, 2.75) is 32.4 Å². The average Bonchev–Trinajstić information content (AvgIpc) is 2.76. The van der Waals surface area contributed by atoms with Gasteiger partial charge in [0.1, 0.15) is 11.9 Å². The van der Waals surface area contributed by atoms with Crippen LogP contribution in [0.25, 0.3) is 0 Å². The molecule has 2 unspecified atom stereocenters. The van der Waals surface area contributed by atoms with E-state index < -0.39 is 0 Å². The fourth-order valence-electron chi connectivity index (χ4n) is 2.88. The monoisotopic (exact) mass is 307 g/mol. The van der Waals surface area contributed by atoms with Crippen LogP contribution in [-0.2, 0) is 0 Å². The Hall–Kier alpha value is -1.03. The summed E-state index contributed by atoms with van der Waals surface area (Å²) in [5.41, 5.74) is 2.47. The maximum Gasteiger partial charge on any atom is 0.127 e. The summed E-state index contributed by atoms with van der Waals surface area (Å²) < 4.78 is 6.21. The van der Waals surface area contributed by atoms with E-state index in [-0.39, 0.29) is 12.1 Å². The fraction of sp³-hybridized carbons (Fsp3) is 0.375. The molecule has 1 aromatic carbocycles. The molecule has 1 aromatic heterocycles. The molecule has 106 valence electrons. The molecule has 3 rings (SSSR count). The van der Waals surface area contributed by atoms with Gasteiger partial charge >= 0.3 is 0 Å². The molecule has 1 aliphatic rings. The van der Waals surface area contributed by atoms with Gasteiger partial charge < -0.3 is 10.1 Å². The molecule has 0 fully saturated rings. The van der Waals surface area contributed by atoms with E-state index in [1.165, 1.54) is 15.3 Å². The fourth-order valence-corrected chi connectivity index (χ4v) is 4.03. The van der Waals surface area contributed by atoms with Crippen LogP contribution >= 0.6 is 22.9 Å². The van der Waals surface area contributed by atoms with Crippen LogP contribution < -0.4 is 10.1 Å². The summed E-state index contributed by atoms with van der Waals surface area (Å²) in [4.78, 5) is 2.68. The number of hydrogen-bond donors (Lipinski definition) is 1. The number of hydrogen-bond acceptors (Lipinski definition) is 3. The summed E-state index contributed by atoms with van der Waals surface area (Å²) in [6.07, 6.45) is 1.05. The molecule has 2 heterocycles. The van der Waals surface area contributed by atoms with Crippen molar-refractivity contribution in [3.63, 3.8) is 0 Å². The number of aryl methyl sites for hydroxylation is 2. The first-order chi connectivity index (χ1) is 9.58. The Bertz CT molecular complexity index is 637. The van der Waals surface area contributed by atoms with Crippen molar-refractivity contribution in [1.29, 1.82) is 0 Å². The van der Waals surface area contributed by atoms with Crippen molar-refractivity contribution in [2.75, 3.05) is 7.05 Å². The Kier molecular flexibility index (Phi) is 3.76. The second-order valence-electron chi connectivity index (χ2n) is 5.23. The van der Waals surface area contributed by atoms with Gasteiger partial charge in [-0.25, -0.2) is 0 Å². The quantitative estimate of drug-likeness (QED) is 0.860. The number of nitrogens with one attached hydrogen (secondary N) is 1. The van der Waals surface area contributed by atoms with Crippen molar-refractivity contribution >= 4 is 22.9 Å². The normalized spacial score (nSPS) is 21.4. The highest BCUT2D eigenvalue weighted by atomic mass is 35.5. The second kappa shape index (κ2) is 5.40. The minimum atomic E-state index is 0.117. The van der Waals surface area contributed by atoms with Gasteiger partial charge in [0.25, 0.3) is 0 Å². The first kappa shape index (κ1) is 13.9. The molecule has 20 heavy (non-hydrogen) atoms. The Morgan fingerprint density at radius 1 is 1.25 bits per heavy atom. The van der Waals surface area contributed by atoms with E-state index in [1.807, 2.05) is 36.6 Å². The van der Waals surface area contributed by atoms with Crippen molar-refractivity contribution in [3.05, 3.63) is 50.2 Å². The zero-order valence-electron chi connectivity index (χ0n) is 11.9. The molecule has 1 N–H and O–H groups in total. The van der Waals surface area contributed by atoms with Crippen LogP contribution in [0, 0.1) is 13.8 Å². The lowest BCUT2D eigenvalue weighted by atomic mass is 9.93. The van der Waals surface area contributed by atoms with Crippen LogP contribution in [0.2, 0.25) is 5.02 Å². The molecule has 0 spiro atoms. The maximum atomic E-state index is 6.21. The second-order valence-corrected chi connectivity index (χ2v) is 7.13. The molecule has 0 aliphatic carbocycles. The van der Waals surface area contributed by atoms with Crippen molar-refractivity contribution in [1.82, 2.24) is 5.32 Å². The van der Waals surface area contributed by atoms with Gasteiger partial charge in [-0.1, -0.05) is 11.6 Å². The third kappa shape index (κ3) is 2.46. The Balaban J connectivity index is 1.98. The smallest absolute Gasteiger partial charge is 0.127 e. The lowest BCUT2D eigenvalue weighted by Crippen LogP contribution is -2.26. The van der Waals surface area contributed by atoms with Crippen LogP contribution in [0.3, 0.4) is 0 Å². The van der Waals surface area contributed by atoms with Gasteiger partial charge in [0.05, 0.1) is 0 Å². The number of benzene rings is 1. The summed E-state index contributed by atoms with van der Waals surface area (Å²) >= 11 is 7.93. The Morgan fingerprint density at radius 3 is 2.70 bits per heavy atom. The lowest BCUT2D eigenvalue weighted by molar-refractivity contribution is 0.154. The minimum Gasteiger partial charge on any atom is -0.485 e. The number of rotatable bonds is 2. The largest absolute Gasteiger partial charge is 0.485 e. The van der Waals surface area contributed by atoms with Crippen molar-refractivity contribution in [3.8, 4) is 5.75 Å². The Labute approximate surface area is 128 Å². The first-order valence-electron chi connectivity index (χ1n) is 6.78. The zero-order chi connectivity index (χ0) is 14.3. The van der Waals surface area contributed by atoms with E-state index in [9.17, 15) is 0 Å². The molecule has 2 nitrogen and oxygen atoms in total. The molecule has 4 heteroatoms. The summed E-state index contributed by atoms with van der Waals surface area (Å²) in [7, 11) is 1.99. The summed E-state index contributed by atoms with van der Waals surface area (Å²) in [6.45, 7) is 4.31. The van der Waals surface area contributed by atoms with E-state index in [0.29, 0.717) is 0 Å². The summed E-state index contributed by atoms with van der Waals surface area (Å²) in [5, 5.41) is 4.14. The average molecular weight is 308 g/mol. The van der Waals surface area contributed by atoms with E-state index in [4.69, 9.17) is 16.3 Å². The minimum absolute atomic E-state index is 0.117. The topological polar surface area (TPSA) is 21.3 Å². The van der Waals surface area contributed by atoms with Crippen LogP contribution in [0.4, 0.5) is 0 Å². The summed E-state index contributed by atoms with van der Waals surface area (Å²) in [5.74, 6) is 0.938. The predicted molar refractivity (Wildman–Crippen MR) is 85.0 cm³/mol. The SMILES string of the molecule is CNC1CC(c2cc(C)sc2C)Oc2ccc(Cl)cc21. The predicted octanol–water partition coefficient (Wildman–Crippen LogP) is 4.80. The molecule has 2 aromatic rings. The number of halogens is 1. The van der Waals surface area contributed by atoms with Crippen molar-refractivity contribution in [2.24, 2.45) is 0 Å². The molecule has 1 aliphatic heterocycles. The van der Waals surface area contributed by atoms with Gasteiger partial charge in [-0.05, 0) is 45.2 Å². The highest BCUT2D eigenvalue weighted by Crippen LogP contribution is 2.43. The van der Waals surface area contributed by atoms with Crippen LogP contribution in [0.15, 0.2) is 24.3 Å². The molecule has 0 radical (unpaired) electrons. The van der Waals surface area contributed by atoms with E-state index in [1.54, 1.807) is 0 Å². The van der Waals surface area contributed by atoms with Gasteiger partial charge in [0.15, 0.2) is 0 Å². The molecular formula is C16H18ClNOS. The molecule has 0 saturated carbocycles. The van der Waals surface area contributed by atoms with E-state index in [2.05, 4.69) is 25.2 Å². The maximum absolute atomic E-state index is 6.21. The third-order valence-electron chi connectivity index (χ3n) is 3.84. The van der Waals surface area contributed by atoms with Crippen LogP contribution in [0.5, 0.6) is 5.75 Å². The van der Waals surface area contributed by atoms with E-state index >= 15 is 0 Å². The number of fused-ring (bicyclic) bond motifs is 1. The first-order valence-corrected chi connectivity index (χ1v) is 7.98. The molecule has 0 saturated heterocycles. The van der Waals surface area contributed by atoms with Crippen LogP contribution in [0.1, 0.15) is 39.4 Å². The summed E-state index contributed by atoms with van der Waals surface area (Å²) in [6, 6.07) is 8.39. The zero-order valence-corrected chi connectivity index (χ0v) is 13.4. The third-order valence-corrected chi connectivity index (χ3v) is 5.06. The van der Waals surface area contributed by atoms with Gasteiger partial charge in [-0.3, -0.25) is 0 Å². The number of ether oxygens (including phenoxy) is 1. The highest BCUT2D eigenvalue weighted by Gasteiger charge is 2.30. The van der Waals surface area contributed by atoms with Gasteiger partial charge in [-0.15, -0.1) is 11.3 Å². The molecular weight excluding hydrogens is 290 g/mol. The van der Waals surface area contributed by atoms with E-state index in [0.717, 1.165) is 22.8 Å². The highest BCUT2D eigenvalue weighted by molar-refractivity contribution is 7.12.